The Hall–Kier alpha value is -2.55. The number of carbonyl (C=O) groups is 1. The van der Waals surface area contributed by atoms with Gasteiger partial charge >= 0.3 is 0 Å². The monoisotopic (exact) mass is 416 g/mol. The summed E-state index contributed by atoms with van der Waals surface area (Å²) in [5, 5.41) is 13.5. The molecule has 26 heavy (non-hydrogen) atoms. The van der Waals surface area contributed by atoms with E-state index in [9.17, 15) is 14.9 Å². The molecule has 0 aromatic heterocycles. The van der Waals surface area contributed by atoms with Gasteiger partial charge in [0.25, 0.3) is 5.69 Å². The predicted octanol–water partition coefficient (Wildman–Crippen LogP) is 3.05. The van der Waals surface area contributed by atoms with Gasteiger partial charge in [-0.05, 0) is 41.5 Å². The molecule has 1 aliphatic rings. The maximum atomic E-state index is 12.1. The molecule has 1 saturated heterocycles. The molecule has 2 atom stereocenters. The van der Waals surface area contributed by atoms with E-state index in [1.165, 1.54) is 18.2 Å². The molecule has 2 aromatic rings. The number of benzene rings is 2. The topological polar surface area (TPSA) is 96.3 Å². The molecule has 2 unspecified atom stereocenters. The Morgan fingerprint density at radius 2 is 1.85 bits per heavy atom. The molecular weight excluding hydrogens is 400 g/mol. The number of halogens is 1. The number of hydrogen-bond acceptors (Lipinski definition) is 5. The molecule has 2 aromatic carbocycles. The van der Waals surface area contributed by atoms with Gasteiger partial charge < -0.3 is 5.32 Å². The van der Waals surface area contributed by atoms with Gasteiger partial charge in [0.2, 0.25) is 5.91 Å². The lowest BCUT2D eigenvalue weighted by atomic mass is 10.0. The molecule has 3 N–H and O–H groups in total. The van der Waals surface area contributed by atoms with Gasteiger partial charge in [-0.25, -0.2) is 10.9 Å². The van der Waals surface area contributed by atoms with Gasteiger partial charge in [-0.15, -0.1) is 0 Å². The Morgan fingerprint density at radius 1 is 1.15 bits per heavy atom. The minimum atomic E-state index is -0.458. The van der Waals surface area contributed by atoms with Crippen LogP contribution in [0, 0.1) is 10.1 Å². The smallest absolute Gasteiger partial charge is 0.269 e. The van der Waals surface area contributed by atoms with E-state index in [0.717, 1.165) is 22.0 Å². The van der Waals surface area contributed by atoms with Crippen molar-refractivity contribution < 1.29 is 9.72 Å². The Morgan fingerprint density at radius 3 is 2.50 bits per heavy atom. The fraction of sp³-hybridized carbons (Fsp3) is 0.167. The van der Waals surface area contributed by atoms with Crippen LogP contribution in [-0.2, 0) is 4.79 Å². The summed E-state index contributed by atoms with van der Waals surface area (Å²) in [6.45, 7) is 0. The molecule has 1 aliphatic heterocycles. The van der Waals surface area contributed by atoms with Gasteiger partial charge in [0, 0.05) is 35.1 Å². The van der Waals surface area contributed by atoms with E-state index in [1.807, 2.05) is 24.3 Å². The first-order chi connectivity index (χ1) is 12.5. The second-order valence-electron chi connectivity index (χ2n) is 5.87. The van der Waals surface area contributed by atoms with E-state index in [-0.39, 0.29) is 23.8 Å². The van der Waals surface area contributed by atoms with Gasteiger partial charge in [0.1, 0.15) is 0 Å². The second-order valence-corrected chi connectivity index (χ2v) is 6.79. The lowest BCUT2D eigenvalue weighted by Gasteiger charge is -2.10. The van der Waals surface area contributed by atoms with Crippen molar-refractivity contribution >= 4 is 33.6 Å². The van der Waals surface area contributed by atoms with Crippen LogP contribution in [0.5, 0.6) is 0 Å². The Labute approximate surface area is 158 Å². The van der Waals surface area contributed by atoms with Crippen LogP contribution in [0.4, 0.5) is 5.69 Å². The number of nitrogens with zero attached hydrogens (tertiary/aromatic N) is 1. The minimum absolute atomic E-state index is 0.0202. The highest BCUT2D eigenvalue weighted by molar-refractivity contribution is 9.10. The molecule has 0 aliphatic carbocycles. The molecular formula is C18H17BrN4O3. The van der Waals surface area contributed by atoms with Crippen molar-refractivity contribution in [1.82, 2.24) is 16.2 Å². The zero-order chi connectivity index (χ0) is 18.5. The molecule has 0 spiro atoms. The van der Waals surface area contributed by atoms with Crippen molar-refractivity contribution in [3.05, 3.63) is 80.3 Å². The van der Waals surface area contributed by atoms with Crippen LogP contribution < -0.4 is 16.2 Å². The third-order valence-corrected chi connectivity index (χ3v) is 4.55. The van der Waals surface area contributed by atoms with Crippen LogP contribution in [0.15, 0.2) is 59.1 Å². The van der Waals surface area contributed by atoms with E-state index in [1.54, 1.807) is 18.2 Å². The number of amides is 1. The molecule has 1 amide bonds. The van der Waals surface area contributed by atoms with Crippen molar-refractivity contribution in [2.75, 3.05) is 0 Å². The van der Waals surface area contributed by atoms with Gasteiger partial charge in [-0.3, -0.25) is 14.9 Å². The number of rotatable bonds is 5. The SMILES string of the molecule is O=C(/C=C/c1ccc([N+](=O)[O-])cc1)NC1CC(c2ccc(Br)cc2)NN1. The summed E-state index contributed by atoms with van der Waals surface area (Å²) in [6.07, 6.45) is 3.57. The Kier molecular flexibility index (Phi) is 5.77. The van der Waals surface area contributed by atoms with Crippen LogP contribution in [0.1, 0.15) is 23.6 Å². The van der Waals surface area contributed by atoms with Crippen LogP contribution >= 0.6 is 15.9 Å². The third kappa shape index (κ3) is 4.75. The highest BCUT2D eigenvalue weighted by atomic mass is 79.9. The van der Waals surface area contributed by atoms with Crippen molar-refractivity contribution in [1.29, 1.82) is 0 Å². The fourth-order valence-corrected chi connectivity index (χ4v) is 2.93. The van der Waals surface area contributed by atoms with Crippen LogP contribution in [0.25, 0.3) is 6.08 Å². The zero-order valence-electron chi connectivity index (χ0n) is 13.7. The molecule has 8 heteroatoms. The van der Waals surface area contributed by atoms with Crippen molar-refractivity contribution in [3.8, 4) is 0 Å². The number of non-ortho nitro benzene ring substituents is 1. The summed E-state index contributed by atoms with van der Waals surface area (Å²) in [5.41, 5.74) is 8.11. The molecule has 1 heterocycles. The van der Waals surface area contributed by atoms with E-state index in [0.29, 0.717) is 0 Å². The Bertz CT molecular complexity index is 821. The van der Waals surface area contributed by atoms with Gasteiger partial charge in [-0.1, -0.05) is 28.1 Å². The number of nitro benzene ring substituents is 1. The minimum Gasteiger partial charge on any atom is -0.336 e. The zero-order valence-corrected chi connectivity index (χ0v) is 15.3. The first-order valence-electron chi connectivity index (χ1n) is 8.01. The first kappa shape index (κ1) is 18.2. The third-order valence-electron chi connectivity index (χ3n) is 4.02. The molecule has 0 bridgehead atoms. The number of nitrogens with one attached hydrogen (secondary N) is 3. The van der Waals surface area contributed by atoms with Crippen molar-refractivity contribution in [2.24, 2.45) is 0 Å². The van der Waals surface area contributed by atoms with Crippen LogP contribution in [0.2, 0.25) is 0 Å². The lowest BCUT2D eigenvalue weighted by molar-refractivity contribution is -0.384. The number of hydrazine groups is 1. The molecule has 1 fully saturated rings. The molecule has 7 nitrogen and oxygen atoms in total. The summed E-state index contributed by atoms with van der Waals surface area (Å²) < 4.78 is 1.02. The maximum absolute atomic E-state index is 12.1. The average Bonchev–Trinajstić information content (AvgIpc) is 3.09. The molecule has 0 radical (unpaired) electrons. The van der Waals surface area contributed by atoms with E-state index in [4.69, 9.17) is 0 Å². The van der Waals surface area contributed by atoms with Crippen molar-refractivity contribution in [3.63, 3.8) is 0 Å². The summed E-state index contributed by atoms with van der Waals surface area (Å²) in [5.74, 6) is -0.237. The lowest BCUT2D eigenvalue weighted by Crippen LogP contribution is -2.43. The van der Waals surface area contributed by atoms with Gasteiger partial charge in [0.15, 0.2) is 0 Å². The summed E-state index contributed by atoms with van der Waals surface area (Å²) in [4.78, 5) is 22.2. The van der Waals surface area contributed by atoms with E-state index >= 15 is 0 Å². The van der Waals surface area contributed by atoms with Crippen LogP contribution in [0.3, 0.4) is 0 Å². The second kappa shape index (κ2) is 8.22. The van der Waals surface area contributed by atoms with Crippen LogP contribution in [-0.4, -0.2) is 17.0 Å². The molecule has 3 rings (SSSR count). The van der Waals surface area contributed by atoms with Gasteiger partial charge in [-0.2, -0.15) is 0 Å². The summed E-state index contributed by atoms with van der Waals surface area (Å²) >= 11 is 3.41. The average molecular weight is 417 g/mol. The molecule has 134 valence electrons. The van der Waals surface area contributed by atoms with Crippen molar-refractivity contribution in [2.45, 2.75) is 18.6 Å². The highest BCUT2D eigenvalue weighted by Crippen LogP contribution is 2.23. The van der Waals surface area contributed by atoms with Gasteiger partial charge in [0.05, 0.1) is 11.1 Å². The normalized spacial score (nSPS) is 19.6. The number of nitro groups is 1. The number of carbonyl (C=O) groups excluding carboxylic acids is 1. The predicted molar refractivity (Wildman–Crippen MR) is 102 cm³/mol. The maximum Gasteiger partial charge on any atom is 0.269 e. The Balaban J connectivity index is 1.52. The standard InChI is InChI=1S/C18H17BrN4O3/c19-14-6-4-13(5-7-14)16-11-17(22-21-16)20-18(24)10-3-12-1-8-15(9-2-12)23(25)26/h1-10,16-17,21-22H,11H2,(H,20,24)/b10-3+. The molecule has 0 saturated carbocycles. The quantitative estimate of drug-likeness (QED) is 0.395. The summed E-state index contributed by atoms with van der Waals surface area (Å²) in [6, 6.07) is 14.1. The fourth-order valence-electron chi connectivity index (χ4n) is 2.66. The largest absolute Gasteiger partial charge is 0.336 e. The highest BCUT2D eigenvalue weighted by Gasteiger charge is 2.25. The first-order valence-corrected chi connectivity index (χ1v) is 8.80. The van der Waals surface area contributed by atoms with E-state index < -0.39 is 4.92 Å². The van der Waals surface area contributed by atoms with E-state index in [2.05, 4.69) is 32.1 Å². The summed E-state index contributed by atoms with van der Waals surface area (Å²) in [7, 11) is 0. The number of hydrogen-bond donors (Lipinski definition) is 3.